The number of ether oxygens (including phenoxy) is 1. The molecule has 2 unspecified atom stereocenters. The molecule has 3 heterocycles. The summed E-state index contributed by atoms with van der Waals surface area (Å²) in [5.41, 5.74) is 0. The second-order valence-corrected chi connectivity index (χ2v) is 8.03. The largest absolute Gasteiger partial charge is 0.379 e. The number of nitrogens with one attached hydrogen (secondary N) is 1. The first kappa shape index (κ1) is 18.9. The van der Waals surface area contributed by atoms with E-state index in [4.69, 9.17) is 4.74 Å². The maximum atomic E-state index is 5.49. The molecule has 3 saturated heterocycles. The van der Waals surface area contributed by atoms with Gasteiger partial charge in [0.1, 0.15) is 0 Å². The number of likely N-dealkylation sites (tertiary alicyclic amines) is 2. The Morgan fingerprint density at radius 1 is 1.12 bits per heavy atom. The van der Waals surface area contributed by atoms with Gasteiger partial charge >= 0.3 is 0 Å². The van der Waals surface area contributed by atoms with E-state index >= 15 is 0 Å². The third kappa shape index (κ3) is 5.08. The van der Waals surface area contributed by atoms with E-state index in [1.54, 1.807) is 0 Å². The standard InChI is InChI=1S/C19H37N5O/c1-16-4-7-22(8-5-16)17(2)14-21-19(20-3)24-9-6-18(15-24)23-10-12-25-13-11-23/h16-18H,4-15H2,1-3H3,(H,20,21). The van der Waals surface area contributed by atoms with Crippen LogP contribution in [0.1, 0.15) is 33.1 Å². The van der Waals surface area contributed by atoms with Crippen LogP contribution in [0.2, 0.25) is 0 Å². The van der Waals surface area contributed by atoms with E-state index < -0.39 is 0 Å². The average Bonchev–Trinajstić information content (AvgIpc) is 3.13. The van der Waals surface area contributed by atoms with Gasteiger partial charge in [0.05, 0.1) is 13.2 Å². The zero-order valence-electron chi connectivity index (χ0n) is 16.4. The molecule has 25 heavy (non-hydrogen) atoms. The van der Waals surface area contributed by atoms with E-state index in [2.05, 4.69) is 38.9 Å². The van der Waals surface area contributed by atoms with Crippen molar-refractivity contribution in [3.05, 3.63) is 0 Å². The molecule has 2 atom stereocenters. The first-order chi connectivity index (χ1) is 12.2. The molecule has 0 saturated carbocycles. The van der Waals surface area contributed by atoms with Crippen molar-refractivity contribution < 1.29 is 4.74 Å². The molecule has 3 aliphatic rings. The Morgan fingerprint density at radius 3 is 2.52 bits per heavy atom. The SMILES string of the molecule is CN=C(NCC(C)N1CCC(C)CC1)N1CCC(N2CCOCC2)C1. The van der Waals surface area contributed by atoms with Gasteiger partial charge in [-0.05, 0) is 45.2 Å². The van der Waals surface area contributed by atoms with E-state index in [-0.39, 0.29) is 0 Å². The number of piperidine rings is 1. The van der Waals surface area contributed by atoms with Gasteiger partial charge in [-0.2, -0.15) is 0 Å². The number of rotatable bonds is 4. The highest BCUT2D eigenvalue weighted by molar-refractivity contribution is 5.80. The topological polar surface area (TPSA) is 43.3 Å². The van der Waals surface area contributed by atoms with Crippen LogP contribution in [-0.2, 0) is 4.74 Å². The molecule has 0 amide bonds. The fourth-order valence-corrected chi connectivity index (χ4v) is 4.34. The quantitative estimate of drug-likeness (QED) is 0.607. The molecule has 3 aliphatic heterocycles. The number of hydrogen-bond acceptors (Lipinski definition) is 4. The number of guanidine groups is 1. The smallest absolute Gasteiger partial charge is 0.193 e. The van der Waals surface area contributed by atoms with Gasteiger partial charge in [-0.15, -0.1) is 0 Å². The summed E-state index contributed by atoms with van der Waals surface area (Å²) >= 11 is 0. The molecule has 0 spiro atoms. The van der Waals surface area contributed by atoms with Crippen molar-refractivity contribution in [1.82, 2.24) is 20.0 Å². The zero-order valence-corrected chi connectivity index (χ0v) is 16.4. The van der Waals surface area contributed by atoms with Crippen LogP contribution >= 0.6 is 0 Å². The van der Waals surface area contributed by atoms with Crippen molar-refractivity contribution in [1.29, 1.82) is 0 Å². The molecule has 1 N–H and O–H groups in total. The zero-order chi connectivity index (χ0) is 17.6. The number of hydrogen-bond donors (Lipinski definition) is 1. The molecule has 6 heteroatoms. The lowest BCUT2D eigenvalue weighted by Crippen LogP contribution is -2.50. The maximum Gasteiger partial charge on any atom is 0.193 e. The molecule has 0 radical (unpaired) electrons. The Balaban J connectivity index is 1.43. The maximum absolute atomic E-state index is 5.49. The van der Waals surface area contributed by atoms with Crippen LogP contribution in [0.25, 0.3) is 0 Å². The highest BCUT2D eigenvalue weighted by Gasteiger charge is 2.30. The molecule has 0 bridgehead atoms. The molecular formula is C19H37N5O. The van der Waals surface area contributed by atoms with Gasteiger partial charge in [-0.3, -0.25) is 14.8 Å². The molecule has 0 aromatic carbocycles. The van der Waals surface area contributed by atoms with Gasteiger partial charge in [-0.1, -0.05) is 6.92 Å². The summed E-state index contributed by atoms with van der Waals surface area (Å²) in [6.07, 6.45) is 3.92. The minimum Gasteiger partial charge on any atom is -0.379 e. The monoisotopic (exact) mass is 351 g/mol. The minimum absolute atomic E-state index is 0.571. The second-order valence-electron chi connectivity index (χ2n) is 8.03. The summed E-state index contributed by atoms with van der Waals surface area (Å²) < 4.78 is 5.49. The average molecular weight is 352 g/mol. The summed E-state index contributed by atoms with van der Waals surface area (Å²) in [6.45, 7) is 14.3. The third-order valence-electron chi connectivity index (χ3n) is 6.23. The number of nitrogens with zero attached hydrogens (tertiary/aromatic N) is 4. The van der Waals surface area contributed by atoms with Crippen LogP contribution in [0.5, 0.6) is 0 Å². The first-order valence-corrected chi connectivity index (χ1v) is 10.2. The summed E-state index contributed by atoms with van der Waals surface area (Å²) in [4.78, 5) is 12.2. The Labute approximate surface area is 153 Å². The molecule has 3 fully saturated rings. The molecule has 3 rings (SSSR count). The lowest BCUT2D eigenvalue weighted by atomic mass is 9.98. The highest BCUT2D eigenvalue weighted by atomic mass is 16.5. The Hall–Kier alpha value is -0.850. The van der Waals surface area contributed by atoms with Crippen LogP contribution in [0.4, 0.5) is 0 Å². The number of morpholine rings is 1. The first-order valence-electron chi connectivity index (χ1n) is 10.2. The lowest BCUT2D eigenvalue weighted by Gasteiger charge is -2.35. The predicted molar refractivity (Wildman–Crippen MR) is 103 cm³/mol. The van der Waals surface area contributed by atoms with Gasteiger partial charge in [0.15, 0.2) is 5.96 Å². The van der Waals surface area contributed by atoms with Crippen molar-refractivity contribution in [3.8, 4) is 0 Å². The van der Waals surface area contributed by atoms with Gasteiger partial charge in [0, 0.05) is 51.9 Å². The second kappa shape index (κ2) is 9.19. The van der Waals surface area contributed by atoms with Crippen LogP contribution in [0.3, 0.4) is 0 Å². The molecular weight excluding hydrogens is 314 g/mol. The molecule has 6 nitrogen and oxygen atoms in total. The lowest BCUT2D eigenvalue weighted by molar-refractivity contribution is 0.0194. The minimum atomic E-state index is 0.571. The van der Waals surface area contributed by atoms with Crippen LogP contribution in [-0.4, -0.2) is 98.8 Å². The fourth-order valence-electron chi connectivity index (χ4n) is 4.34. The van der Waals surface area contributed by atoms with Gasteiger partial charge in [0.25, 0.3) is 0 Å². The van der Waals surface area contributed by atoms with E-state index in [9.17, 15) is 0 Å². The predicted octanol–water partition coefficient (Wildman–Crippen LogP) is 1.09. The van der Waals surface area contributed by atoms with Gasteiger partial charge in [-0.25, -0.2) is 0 Å². The van der Waals surface area contributed by atoms with E-state index in [1.807, 2.05) is 7.05 Å². The Kier molecular flexibility index (Phi) is 6.96. The summed E-state index contributed by atoms with van der Waals surface area (Å²) in [6, 6.07) is 1.23. The van der Waals surface area contributed by atoms with Crippen molar-refractivity contribution in [3.63, 3.8) is 0 Å². The third-order valence-corrected chi connectivity index (χ3v) is 6.23. The highest BCUT2D eigenvalue weighted by Crippen LogP contribution is 2.19. The van der Waals surface area contributed by atoms with E-state index in [1.165, 1.54) is 32.4 Å². The Bertz CT molecular complexity index is 430. The van der Waals surface area contributed by atoms with Crippen molar-refractivity contribution in [2.75, 3.05) is 66.1 Å². The normalized spacial score (nSPS) is 29.2. The van der Waals surface area contributed by atoms with Crippen molar-refractivity contribution in [2.24, 2.45) is 10.9 Å². The van der Waals surface area contributed by atoms with Gasteiger partial charge in [0.2, 0.25) is 0 Å². The molecule has 0 aliphatic carbocycles. The molecule has 144 valence electrons. The fraction of sp³-hybridized carbons (Fsp3) is 0.947. The summed E-state index contributed by atoms with van der Waals surface area (Å²) in [5, 5.41) is 3.63. The number of aliphatic imine (C=N–C) groups is 1. The molecule has 0 aromatic rings. The van der Waals surface area contributed by atoms with Crippen LogP contribution in [0, 0.1) is 5.92 Å². The summed E-state index contributed by atoms with van der Waals surface area (Å²) in [7, 11) is 1.91. The van der Waals surface area contributed by atoms with Crippen molar-refractivity contribution >= 4 is 5.96 Å². The Morgan fingerprint density at radius 2 is 1.84 bits per heavy atom. The van der Waals surface area contributed by atoms with Crippen molar-refractivity contribution in [2.45, 2.75) is 45.2 Å². The molecule has 0 aromatic heterocycles. The van der Waals surface area contributed by atoms with E-state index in [0.29, 0.717) is 12.1 Å². The van der Waals surface area contributed by atoms with Crippen LogP contribution < -0.4 is 5.32 Å². The summed E-state index contributed by atoms with van der Waals surface area (Å²) in [5.74, 6) is 1.97. The van der Waals surface area contributed by atoms with Crippen LogP contribution in [0.15, 0.2) is 4.99 Å². The van der Waals surface area contributed by atoms with Gasteiger partial charge < -0.3 is 15.0 Å². The van der Waals surface area contributed by atoms with E-state index in [0.717, 1.165) is 57.8 Å².